The number of halogens is 2. The molecule has 1 saturated carbocycles. The zero-order valence-electron chi connectivity index (χ0n) is 10.0. The van der Waals surface area contributed by atoms with Gasteiger partial charge in [-0.2, -0.15) is 0 Å². The Kier molecular flexibility index (Phi) is 5.07. The van der Waals surface area contributed by atoms with Gasteiger partial charge in [-0.15, -0.1) is 0 Å². The molecule has 17 heavy (non-hydrogen) atoms. The highest BCUT2D eigenvalue weighted by molar-refractivity contribution is 14.1. The molecule has 2 rings (SSSR count). The van der Waals surface area contributed by atoms with E-state index in [4.69, 9.17) is 0 Å². The summed E-state index contributed by atoms with van der Waals surface area (Å²) >= 11 is 2.20. The summed E-state index contributed by atoms with van der Waals surface area (Å²) in [5.74, 6) is -0.155. The number of hydrogen-bond donors (Lipinski definition) is 1. The summed E-state index contributed by atoms with van der Waals surface area (Å²) in [5.41, 5.74) is 1.08. The van der Waals surface area contributed by atoms with Crippen LogP contribution in [0.4, 0.5) is 10.1 Å². The van der Waals surface area contributed by atoms with Gasteiger partial charge in [0.25, 0.3) is 0 Å². The van der Waals surface area contributed by atoms with Gasteiger partial charge in [0.1, 0.15) is 5.82 Å². The molecule has 1 aliphatic rings. The first-order valence-electron chi connectivity index (χ1n) is 6.47. The van der Waals surface area contributed by atoms with Crippen LogP contribution in [0.2, 0.25) is 0 Å². The fourth-order valence-corrected chi connectivity index (χ4v) is 3.06. The van der Waals surface area contributed by atoms with Gasteiger partial charge in [0.15, 0.2) is 0 Å². The highest BCUT2D eigenvalue weighted by Gasteiger charge is 2.12. The maximum Gasteiger partial charge on any atom is 0.124 e. The van der Waals surface area contributed by atoms with Crippen molar-refractivity contribution in [3.05, 3.63) is 27.6 Å². The van der Waals surface area contributed by atoms with Gasteiger partial charge in [-0.1, -0.05) is 32.1 Å². The molecular weight excluding hydrogens is 328 g/mol. The standard InChI is InChI=1S/C14H19FIN/c15-11-8-9-14(13(16)10-11)17-12-6-4-2-1-3-5-7-12/h8-10,12,17H,1-7H2. The maximum atomic E-state index is 13.0. The van der Waals surface area contributed by atoms with Crippen LogP contribution < -0.4 is 5.32 Å². The Morgan fingerprint density at radius 3 is 2.35 bits per heavy atom. The van der Waals surface area contributed by atoms with Gasteiger partial charge in [0, 0.05) is 15.3 Å². The van der Waals surface area contributed by atoms with E-state index in [9.17, 15) is 4.39 Å². The summed E-state index contributed by atoms with van der Waals surface area (Å²) in [4.78, 5) is 0. The van der Waals surface area contributed by atoms with Gasteiger partial charge >= 0.3 is 0 Å². The zero-order chi connectivity index (χ0) is 12.1. The second-order valence-corrected chi connectivity index (χ2v) is 5.97. The van der Waals surface area contributed by atoms with Crippen LogP contribution in [-0.2, 0) is 0 Å². The highest BCUT2D eigenvalue weighted by Crippen LogP contribution is 2.24. The molecule has 0 heterocycles. The first kappa shape index (κ1) is 13.1. The number of nitrogens with one attached hydrogen (secondary N) is 1. The van der Waals surface area contributed by atoms with Crippen LogP contribution in [0.1, 0.15) is 44.9 Å². The van der Waals surface area contributed by atoms with Crippen LogP contribution in [0.25, 0.3) is 0 Å². The van der Waals surface area contributed by atoms with Gasteiger partial charge in [-0.3, -0.25) is 0 Å². The molecule has 94 valence electrons. The Bertz CT molecular complexity index is 359. The summed E-state index contributed by atoms with van der Waals surface area (Å²) in [6, 6.07) is 5.55. The second kappa shape index (κ2) is 6.57. The van der Waals surface area contributed by atoms with Crippen molar-refractivity contribution >= 4 is 28.3 Å². The summed E-state index contributed by atoms with van der Waals surface area (Å²) in [7, 11) is 0. The average molecular weight is 347 g/mol. The molecule has 0 aliphatic heterocycles. The Morgan fingerprint density at radius 1 is 1.06 bits per heavy atom. The molecule has 0 atom stereocenters. The Balaban J connectivity index is 1.98. The fourth-order valence-electron chi connectivity index (χ4n) is 2.43. The average Bonchev–Trinajstić information content (AvgIpc) is 2.25. The topological polar surface area (TPSA) is 12.0 Å². The zero-order valence-corrected chi connectivity index (χ0v) is 12.2. The van der Waals surface area contributed by atoms with Crippen LogP contribution in [0.3, 0.4) is 0 Å². The lowest BCUT2D eigenvalue weighted by molar-refractivity contribution is 0.471. The lowest BCUT2D eigenvalue weighted by Gasteiger charge is -2.22. The van der Waals surface area contributed by atoms with Crippen LogP contribution in [0.5, 0.6) is 0 Å². The first-order valence-corrected chi connectivity index (χ1v) is 7.55. The highest BCUT2D eigenvalue weighted by atomic mass is 127. The van der Waals surface area contributed by atoms with Crippen molar-refractivity contribution in [1.29, 1.82) is 0 Å². The van der Waals surface area contributed by atoms with Crippen LogP contribution >= 0.6 is 22.6 Å². The van der Waals surface area contributed by atoms with E-state index in [1.807, 2.05) is 6.07 Å². The molecule has 0 spiro atoms. The van der Waals surface area contributed by atoms with Crippen molar-refractivity contribution < 1.29 is 4.39 Å². The van der Waals surface area contributed by atoms with E-state index in [1.54, 1.807) is 6.07 Å². The predicted octanol–water partition coefficient (Wildman–Crippen LogP) is 4.96. The van der Waals surface area contributed by atoms with Crippen molar-refractivity contribution in [2.24, 2.45) is 0 Å². The van der Waals surface area contributed by atoms with Gasteiger partial charge in [0.2, 0.25) is 0 Å². The molecule has 1 aromatic carbocycles. The van der Waals surface area contributed by atoms with E-state index in [2.05, 4.69) is 27.9 Å². The minimum atomic E-state index is -0.155. The molecule has 1 N–H and O–H groups in total. The molecule has 0 unspecified atom stereocenters. The van der Waals surface area contributed by atoms with Gasteiger partial charge in [-0.05, 0) is 53.6 Å². The van der Waals surface area contributed by atoms with Crippen molar-refractivity contribution in [2.75, 3.05) is 5.32 Å². The van der Waals surface area contributed by atoms with Gasteiger partial charge in [0.05, 0.1) is 0 Å². The minimum Gasteiger partial charge on any atom is -0.381 e. The van der Waals surface area contributed by atoms with Crippen molar-refractivity contribution in [3.63, 3.8) is 0 Å². The Labute approximate surface area is 116 Å². The largest absolute Gasteiger partial charge is 0.381 e. The van der Waals surface area contributed by atoms with E-state index in [-0.39, 0.29) is 5.82 Å². The van der Waals surface area contributed by atoms with Crippen molar-refractivity contribution in [2.45, 2.75) is 51.0 Å². The van der Waals surface area contributed by atoms with E-state index in [1.165, 1.54) is 51.0 Å². The maximum absolute atomic E-state index is 13.0. The molecule has 0 aromatic heterocycles. The number of hydrogen-bond acceptors (Lipinski definition) is 1. The van der Waals surface area contributed by atoms with Crippen LogP contribution in [0.15, 0.2) is 18.2 Å². The third-order valence-electron chi connectivity index (χ3n) is 3.40. The van der Waals surface area contributed by atoms with E-state index in [0.29, 0.717) is 6.04 Å². The molecule has 1 fully saturated rings. The fraction of sp³-hybridized carbons (Fsp3) is 0.571. The van der Waals surface area contributed by atoms with Gasteiger partial charge in [-0.25, -0.2) is 4.39 Å². The van der Waals surface area contributed by atoms with Crippen molar-refractivity contribution in [3.8, 4) is 0 Å². The molecule has 3 heteroatoms. The van der Waals surface area contributed by atoms with E-state index in [0.717, 1.165) is 9.26 Å². The third-order valence-corrected chi connectivity index (χ3v) is 4.29. The monoisotopic (exact) mass is 347 g/mol. The predicted molar refractivity (Wildman–Crippen MR) is 78.8 cm³/mol. The quantitative estimate of drug-likeness (QED) is 0.746. The third kappa shape index (κ3) is 4.12. The SMILES string of the molecule is Fc1ccc(NC2CCCCCCC2)c(I)c1. The van der Waals surface area contributed by atoms with Gasteiger partial charge < -0.3 is 5.32 Å². The molecule has 1 aliphatic carbocycles. The second-order valence-electron chi connectivity index (χ2n) is 4.81. The first-order chi connectivity index (χ1) is 8.25. The lowest BCUT2D eigenvalue weighted by atomic mass is 9.96. The molecule has 0 radical (unpaired) electrons. The Hall–Kier alpha value is -0.320. The summed E-state index contributed by atoms with van der Waals surface area (Å²) in [6.07, 6.45) is 9.23. The Morgan fingerprint density at radius 2 is 1.71 bits per heavy atom. The smallest absolute Gasteiger partial charge is 0.124 e. The number of rotatable bonds is 2. The van der Waals surface area contributed by atoms with E-state index < -0.39 is 0 Å². The normalized spacial score (nSPS) is 18.5. The summed E-state index contributed by atoms with van der Waals surface area (Å²) in [6.45, 7) is 0. The molecule has 1 aromatic rings. The molecule has 1 nitrogen and oxygen atoms in total. The number of anilines is 1. The summed E-state index contributed by atoms with van der Waals surface area (Å²) < 4.78 is 14.0. The molecule has 0 amide bonds. The molecular formula is C14H19FIN. The van der Waals surface area contributed by atoms with Crippen LogP contribution in [0, 0.1) is 9.39 Å². The number of benzene rings is 1. The van der Waals surface area contributed by atoms with Crippen molar-refractivity contribution in [1.82, 2.24) is 0 Å². The minimum absolute atomic E-state index is 0.155. The van der Waals surface area contributed by atoms with E-state index >= 15 is 0 Å². The molecule has 0 saturated heterocycles. The molecule has 0 bridgehead atoms. The summed E-state index contributed by atoms with van der Waals surface area (Å²) in [5, 5.41) is 3.57. The lowest BCUT2D eigenvalue weighted by Crippen LogP contribution is -2.21. The van der Waals surface area contributed by atoms with Crippen LogP contribution in [-0.4, -0.2) is 6.04 Å².